The predicted molar refractivity (Wildman–Crippen MR) is 47.8 cm³/mol. The molecule has 1 aromatic rings. The van der Waals surface area contributed by atoms with E-state index in [9.17, 15) is 0 Å². The second-order valence-corrected chi connectivity index (χ2v) is 3.22. The van der Waals surface area contributed by atoms with Crippen LogP contribution in [0.4, 0.5) is 0 Å². The summed E-state index contributed by atoms with van der Waals surface area (Å²) in [6.45, 7) is 0.0913. The molecule has 1 aromatic carbocycles. The zero-order chi connectivity index (χ0) is 8.39. The number of hydrogen-bond acceptors (Lipinski definition) is 2. The van der Waals surface area contributed by atoms with E-state index in [1.165, 1.54) is 5.56 Å². The lowest BCUT2D eigenvalue weighted by Crippen LogP contribution is -2.18. The highest BCUT2D eigenvalue weighted by molar-refractivity contribution is 5.27. The Bertz CT molecular complexity index is 247. The minimum absolute atomic E-state index is 0.0913. The van der Waals surface area contributed by atoms with Crippen molar-refractivity contribution in [1.82, 2.24) is 5.32 Å². The maximum absolute atomic E-state index is 8.63. The maximum atomic E-state index is 8.63. The van der Waals surface area contributed by atoms with Crippen LogP contribution < -0.4 is 5.32 Å². The second-order valence-electron chi connectivity index (χ2n) is 3.22. The van der Waals surface area contributed by atoms with Crippen LogP contribution in [-0.2, 0) is 0 Å². The molecule has 2 N–H and O–H groups in total. The van der Waals surface area contributed by atoms with E-state index in [1.807, 2.05) is 6.07 Å². The summed E-state index contributed by atoms with van der Waals surface area (Å²) in [5, 5.41) is 11.7. The van der Waals surface area contributed by atoms with Crippen LogP contribution in [0.3, 0.4) is 0 Å². The van der Waals surface area contributed by atoms with Gasteiger partial charge in [-0.2, -0.15) is 0 Å². The summed E-state index contributed by atoms with van der Waals surface area (Å²) in [4.78, 5) is 0. The number of benzene rings is 1. The Morgan fingerprint density at radius 2 is 2.08 bits per heavy atom. The lowest BCUT2D eigenvalue weighted by atomic mass is 10.1. The van der Waals surface area contributed by atoms with Crippen molar-refractivity contribution in [2.24, 2.45) is 0 Å². The van der Waals surface area contributed by atoms with Gasteiger partial charge in [0.1, 0.15) is 0 Å². The van der Waals surface area contributed by atoms with Crippen molar-refractivity contribution < 1.29 is 5.11 Å². The highest BCUT2D eigenvalue weighted by Gasteiger charge is 2.37. The summed E-state index contributed by atoms with van der Waals surface area (Å²) >= 11 is 0. The van der Waals surface area contributed by atoms with Gasteiger partial charge in [-0.25, -0.2) is 0 Å². The van der Waals surface area contributed by atoms with Crippen LogP contribution in [0.5, 0.6) is 0 Å². The minimum Gasteiger partial charge on any atom is -0.381 e. The molecule has 1 saturated carbocycles. The second kappa shape index (κ2) is 3.25. The lowest BCUT2D eigenvalue weighted by molar-refractivity contribution is 0.258. The first-order valence-electron chi connectivity index (χ1n) is 4.31. The van der Waals surface area contributed by atoms with Gasteiger partial charge in [-0.05, 0) is 12.0 Å². The summed E-state index contributed by atoms with van der Waals surface area (Å²) in [7, 11) is 0. The number of nitrogens with one attached hydrogen (secondary N) is 1. The maximum Gasteiger partial charge on any atom is 0.0933 e. The topological polar surface area (TPSA) is 32.3 Å². The molecule has 0 spiro atoms. The van der Waals surface area contributed by atoms with E-state index in [1.54, 1.807) is 0 Å². The van der Waals surface area contributed by atoms with E-state index < -0.39 is 0 Å². The highest BCUT2D eigenvalue weighted by Crippen LogP contribution is 2.40. The first-order chi connectivity index (χ1) is 5.92. The van der Waals surface area contributed by atoms with Crippen LogP contribution in [0.25, 0.3) is 0 Å². The van der Waals surface area contributed by atoms with Crippen molar-refractivity contribution in [2.45, 2.75) is 18.4 Å². The molecule has 0 bridgehead atoms. The summed E-state index contributed by atoms with van der Waals surface area (Å²) in [6, 6.07) is 10.9. The zero-order valence-corrected chi connectivity index (χ0v) is 6.90. The van der Waals surface area contributed by atoms with Crippen molar-refractivity contribution in [1.29, 1.82) is 0 Å². The summed E-state index contributed by atoms with van der Waals surface area (Å²) in [5.41, 5.74) is 1.38. The molecule has 64 valence electrons. The van der Waals surface area contributed by atoms with Crippen molar-refractivity contribution >= 4 is 0 Å². The third-order valence-corrected chi connectivity index (χ3v) is 2.37. The number of hydrogen-bond donors (Lipinski definition) is 2. The average molecular weight is 163 g/mol. The number of rotatable bonds is 3. The van der Waals surface area contributed by atoms with Gasteiger partial charge in [0.2, 0.25) is 0 Å². The molecule has 12 heavy (non-hydrogen) atoms. The average Bonchev–Trinajstić information content (AvgIpc) is 2.87. The first kappa shape index (κ1) is 7.77. The fourth-order valence-corrected chi connectivity index (χ4v) is 1.61. The fourth-order valence-electron chi connectivity index (χ4n) is 1.61. The van der Waals surface area contributed by atoms with Crippen LogP contribution >= 0.6 is 0 Å². The van der Waals surface area contributed by atoms with Gasteiger partial charge < -0.3 is 5.11 Å². The monoisotopic (exact) mass is 163 g/mol. The molecule has 0 amide bonds. The smallest absolute Gasteiger partial charge is 0.0933 e. The van der Waals surface area contributed by atoms with E-state index in [2.05, 4.69) is 29.6 Å². The van der Waals surface area contributed by atoms with Gasteiger partial charge in [0, 0.05) is 12.0 Å². The van der Waals surface area contributed by atoms with E-state index in [0.717, 1.165) is 6.42 Å². The van der Waals surface area contributed by atoms with Gasteiger partial charge >= 0.3 is 0 Å². The Kier molecular flexibility index (Phi) is 2.11. The molecule has 0 saturated heterocycles. The van der Waals surface area contributed by atoms with Crippen molar-refractivity contribution in [2.75, 3.05) is 6.73 Å². The Labute approximate surface area is 72.2 Å². The normalized spacial score (nSPS) is 27.1. The van der Waals surface area contributed by atoms with Crippen LogP contribution in [0.15, 0.2) is 30.3 Å². The predicted octanol–water partition coefficient (Wildman–Crippen LogP) is 1.08. The highest BCUT2D eigenvalue weighted by atomic mass is 16.3. The molecular weight excluding hydrogens is 150 g/mol. The van der Waals surface area contributed by atoms with E-state index in [0.29, 0.717) is 12.0 Å². The van der Waals surface area contributed by atoms with Crippen LogP contribution in [0.1, 0.15) is 17.9 Å². The first-order valence-corrected chi connectivity index (χ1v) is 4.31. The Morgan fingerprint density at radius 1 is 1.33 bits per heavy atom. The van der Waals surface area contributed by atoms with Crippen molar-refractivity contribution in [3.05, 3.63) is 35.9 Å². The third kappa shape index (κ3) is 1.49. The Balaban J connectivity index is 1.97. The zero-order valence-electron chi connectivity index (χ0n) is 6.90. The van der Waals surface area contributed by atoms with Gasteiger partial charge in [-0.1, -0.05) is 30.3 Å². The summed E-state index contributed by atoms with van der Waals surface area (Å²) < 4.78 is 0. The molecule has 0 aromatic heterocycles. The fraction of sp³-hybridized carbons (Fsp3) is 0.400. The molecule has 2 rings (SSSR count). The van der Waals surface area contributed by atoms with E-state index in [4.69, 9.17) is 5.11 Å². The Hall–Kier alpha value is -0.860. The molecule has 0 unspecified atom stereocenters. The Morgan fingerprint density at radius 3 is 2.75 bits per heavy atom. The molecule has 1 aliphatic rings. The molecule has 1 aliphatic carbocycles. The van der Waals surface area contributed by atoms with Gasteiger partial charge in [0.05, 0.1) is 6.73 Å². The molecule has 0 aliphatic heterocycles. The van der Waals surface area contributed by atoms with Crippen molar-refractivity contribution in [3.8, 4) is 0 Å². The van der Waals surface area contributed by atoms with Gasteiger partial charge in [-0.15, -0.1) is 0 Å². The molecule has 1 fully saturated rings. The molecule has 2 atom stereocenters. The van der Waals surface area contributed by atoms with Gasteiger partial charge in [-0.3, -0.25) is 5.32 Å². The molecule has 2 heteroatoms. The van der Waals surface area contributed by atoms with E-state index in [-0.39, 0.29) is 6.73 Å². The quantitative estimate of drug-likeness (QED) is 0.653. The molecular formula is C10H13NO. The van der Waals surface area contributed by atoms with Gasteiger partial charge in [0.15, 0.2) is 0 Å². The lowest BCUT2D eigenvalue weighted by Gasteiger charge is -1.99. The SMILES string of the molecule is OCN[C@@H]1C[C@H]1c1ccccc1. The molecule has 2 nitrogen and oxygen atoms in total. The van der Waals surface area contributed by atoms with Gasteiger partial charge in [0.25, 0.3) is 0 Å². The number of aliphatic hydroxyl groups is 1. The van der Waals surface area contributed by atoms with Crippen LogP contribution in [-0.4, -0.2) is 17.9 Å². The van der Waals surface area contributed by atoms with Crippen LogP contribution in [0.2, 0.25) is 0 Å². The van der Waals surface area contributed by atoms with Crippen molar-refractivity contribution in [3.63, 3.8) is 0 Å². The standard InChI is InChI=1S/C10H13NO/c12-7-11-10-6-9(10)8-4-2-1-3-5-8/h1-5,9-12H,6-7H2/t9-,10+/m0/s1. The molecule has 0 heterocycles. The number of aliphatic hydroxyl groups excluding tert-OH is 1. The van der Waals surface area contributed by atoms with Crippen LogP contribution in [0, 0.1) is 0 Å². The summed E-state index contributed by atoms with van der Waals surface area (Å²) in [6.07, 6.45) is 1.16. The largest absolute Gasteiger partial charge is 0.381 e. The molecule has 0 radical (unpaired) electrons. The summed E-state index contributed by atoms with van der Waals surface area (Å²) in [5.74, 6) is 0.623. The third-order valence-electron chi connectivity index (χ3n) is 2.37. The van der Waals surface area contributed by atoms with E-state index >= 15 is 0 Å². The minimum atomic E-state index is 0.0913.